The Hall–Kier alpha value is -1.38. The van der Waals surface area contributed by atoms with E-state index in [-0.39, 0.29) is 11.7 Å². The molecule has 2 aliphatic carbocycles. The molecule has 0 aliphatic heterocycles. The third-order valence-corrected chi connectivity index (χ3v) is 4.04. The van der Waals surface area contributed by atoms with Gasteiger partial charge in [-0.2, -0.15) is 0 Å². The highest BCUT2D eigenvalue weighted by atomic mass is 19.1. The van der Waals surface area contributed by atoms with Crippen molar-refractivity contribution < 1.29 is 9.18 Å². The van der Waals surface area contributed by atoms with E-state index in [4.69, 9.17) is 0 Å². The largest absolute Gasteiger partial charge is 0.338 e. The van der Waals surface area contributed by atoms with Crippen LogP contribution in [0, 0.1) is 24.6 Å². The van der Waals surface area contributed by atoms with Gasteiger partial charge in [0.1, 0.15) is 5.82 Å². The van der Waals surface area contributed by atoms with Crippen LogP contribution in [-0.4, -0.2) is 23.9 Å². The van der Waals surface area contributed by atoms with Crippen molar-refractivity contribution in [1.29, 1.82) is 0 Å². The van der Waals surface area contributed by atoms with Gasteiger partial charge in [-0.05, 0) is 68.2 Å². The molecule has 2 fully saturated rings. The molecule has 1 aromatic carbocycles. The second-order valence-electron chi connectivity index (χ2n) is 6.06. The van der Waals surface area contributed by atoms with Crippen molar-refractivity contribution in [1.82, 2.24) is 4.90 Å². The molecule has 19 heavy (non-hydrogen) atoms. The number of halogens is 1. The number of rotatable bonds is 5. The quantitative estimate of drug-likeness (QED) is 0.795. The first kappa shape index (κ1) is 12.6. The van der Waals surface area contributed by atoms with Gasteiger partial charge in [0, 0.05) is 18.7 Å². The topological polar surface area (TPSA) is 20.3 Å². The fourth-order valence-corrected chi connectivity index (χ4v) is 2.42. The van der Waals surface area contributed by atoms with E-state index >= 15 is 0 Å². The van der Waals surface area contributed by atoms with Gasteiger partial charge in [0.05, 0.1) is 0 Å². The molecule has 3 heteroatoms. The van der Waals surface area contributed by atoms with Crippen molar-refractivity contribution in [2.75, 3.05) is 13.1 Å². The van der Waals surface area contributed by atoms with Crippen LogP contribution in [0.5, 0.6) is 0 Å². The fraction of sp³-hybridized carbons (Fsp3) is 0.562. The maximum absolute atomic E-state index is 13.3. The molecular weight excluding hydrogens is 241 g/mol. The lowest BCUT2D eigenvalue weighted by molar-refractivity contribution is 0.0739. The molecule has 3 rings (SSSR count). The van der Waals surface area contributed by atoms with Gasteiger partial charge in [-0.25, -0.2) is 4.39 Å². The molecule has 0 N–H and O–H groups in total. The van der Waals surface area contributed by atoms with Crippen LogP contribution in [0.2, 0.25) is 0 Å². The number of carbonyl (C=O) groups is 1. The molecule has 1 amide bonds. The lowest BCUT2D eigenvalue weighted by Crippen LogP contribution is -2.34. The van der Waals surface area contributed by atoms with E-state index in [1.165, 1.54) is 31.7 Å². The summed E-state index contributed by atoms with van der Waals surface area (Å²) in [5, 5.41) is 0. The summed E-state index contributed by atoms with van der Waals surface area (Å²) in [4.78, 5) is 14.5. The number of amides is 1. The highest BCUT2D eigenvalue weighted by Crippen LogP contribution is 2.34. The highest BCUT2D eigenvalue weighted by molar-refractivity contribution is 5.94. The number of hydrogen-bond acceptors (Lipinski definition) is 1. The van der Waals surface area contributed by atoms with Crippen molar-refractivity contribution in [2.45, 2.75) is 32.6 Å². The molecule has 0 bridgehead atoms. The van der Waals surface area contributed by atoms with Crippen LogP contribution in [0.15, 0.2) is 18.2 Å². The highest BCUT2D eigenvalue weighted by Gasteiger charge is 2.31. The zero-order valence-electron chi connectivity index (χ0n) is 11.4. The zero-order valence-corrected chi connectivity index (χ0v) is 11.4. The normalized spacial score (nSPS) is 18.4. The smallest absolute Gasteiger partial charge is 0.253 e. The summed E-state index contributed by atoms with van der Waals surface area (Å²) in [6, 6.07) is 4.68. The Labute approximate surface area is 113 Å². The Morgan fingerprint density at radius 3 is 2.26 bits per heavy atom. The van der Waals surface area contributed by atoms with Crippen molar-refractivity contribution in [3.05, 3.63) is 35.1 Å². The zero-order chi connectivity index (χ0) is 13.4. The van der Waals surface area contributed by atoms with Crippen molar-refractivity contribution in [3.63, 3.8) is 0 Å². The summed E-state index contributed by atoms with van der Waals surface area (Å²) < 4.78 is 13.3. The summed E-state index contributed by atoms with van der Waals surface area (Å²) in [5.41, 5.74) is 1.17. The van der Waals surface area contributed by atoms with E-state index in [1.54, 1.807) is 19.1 Å². The maximum Gasteiger partial charge on any atom is 0.253 e. The van der Waals surface area contributed by atoms with Crippen molar-refractivity contribution in [2.24, 2.45) is 11.8 Å². The molecule has 2 nitrogen and oxygen atoms in total. The van der Waals surface area contributed by atoms with Gasteiger partial charge in [-0.3, -0.25) is 4.79 Å². The minimum Gasteiger partial charge on any atom is -0.338 e. The molecule has 2 saturated carbocycles. The lowest BCUT2D eigenvalue weighted by atomic mass is 10.1. The average molecular weight is 261 g/mol. The molecule has 0 saturated heterocycles. The molecule has 0 spiro atoms. The molecule has 2 aliphatic rings. The van der Waals surface area contributed by atoms with Crippen LogP contribution < -0.4 is 0 Å². The van der Waals surface area contributed by atoms with Gasteiger partial charge in [-0.15, -0.1) is 0 Å². The second-order valence-corrected chi connectivity index (χ2v) is 6.06. The summed E-state index contributed by atoms with van der Waals surface area (Å²) in [6.07, 6.45) is 4.99. The predicted molar refractivity (Wildman–Crippen MR) is 72.5 cm³/mol. The van der Waals surface area contributed by atoms with E-state index in [2.05, 4.69) is 0 Å². The molecule has 102 valence electrons. The molecule has 0 atom stereocenters. The van der Waals surface area contributed by atoms with Gasteiger partial charge in [0.2, 0.25) is 0 Å². The number of nitrogens with zero attached hydrogens (tertiary/aromatic N) is 1. The first-order chi connectivity index (χ1) is 9.13. The van der Waals surface area contributed by atoms with Crippen LogP contribution >= 0.6 is 0 Å². The van der Waals surface area contributed by atoms with Crippen LogP contribution in [0.25, 0.3) is 0 Å². The Morgan fingerprint density at radius 1 is 1.21 bits per heavy atom. The Bertz CT molecular complexity index is 478. The molecule has 0 aromatic heterocycles. The van der Waals surface area contributed by atoms with E-state index in [0.717, 1.165) is 13.1 Å². The number of aryl methyl sites for hydroxylation is 1. The standard InChI is InChI=1S/C16H20FNO/c1-11-8-14(6-7-15(11)17)16(19)18(9-12-2-3-12)10-13-4-5-13/h6-8,12-13H,2-5,9-10H2,1H3. The lowest BCUT2D eigenvalue weighted by Gasteiger charge is -2.23. The van der Waals surface area contributed by atoms with Crippen LogP contribution in [-0.2, 0) is 0 Å². The van der Waals surface area contributed by atoms with Gasteiger partial charge in [0.15, 0.2) is 0 Å². The Balaban J connectivity index is 1.74. The average Bonchev–Trinajstić information content (AvgIpc) is 3.26. The first-order valence-electron chi connectivity index (χ1n) is 7.19. The SMILES string of the molecule is Cc1cc(C(=O)N(CC2CC2)CC2CC2)ccc1F. The van der Waals surface area contributed by atoms with Gasteiger partial charge in [-0.1, -0.05) is 0 Å². The fourth-order valence-electron chi connectivity index (χ4n) is 2.42. The van der Waals surface area contributed by atoms with Gasteiger partial charge < -0.3 is 4.90 Å². The predicted octanol–water partition coefficient (Wildman–Crippen LogP) is 3.40. The summed E-state index contributed by atoms with van der Waals surface area (Å²) in [7, 11) is 0. The van der Waals surface area contributed by atoms with Crippen LogP contribution in [0.3, 0.4) is 0 Å². The summed E-state index contributed by atoms with van der Waals surface area (Å²) >= 11 is 0. The molecule has 0 radical (unpaired) electrons. The van der Waals surface area contributed by atoms with E-state index < -0.39 is 0 Å². The molecule has 0 heterocycles. The van der Waals surface area contributed by atoms with Crippen molar-refractivity contribution >= 4 is 5.91 Å². The summed E-state index contributed by atoms with van der Waals surface area (Å²) in [6.45, 7) is 3.47. The van der Waals surface area contributed by atoms with E-state index in [1.807, 2.05) is 4.90 Å². The van der Waals surface area contributed by atoms with Gasteiger partial charge >= 0.3 is 0 Å². The summed E-state index contributed by atoms with van der Waals surface area (Å²) in [5.74, 6) is 1.22. The minimum atomic E-state index is -0.243. The van der Waals surface area contributed by atoms with Crippen molar-refractivity contribution in [3.8, 4) is 0 Å². The third-order valence-electron chi connectivity index (χ3n) is 4.04. The van der Waals surface area contributed by atoms with E-state index in [9.17, 15) is 9.18 Å². The van der Waals surface area contributed by atoms with Crippen LogP contribution in [0.1, 0.15) is 41.6 Å². The van der Waals surface area contributed by atoms with Crippen LogP contribution in [0.4, 0.5) is 4.39 Å². The maximum atomic E-state index is 13.3. The number of benzene rings is 1. The third kappa shape index (κ3) is 3.14. The monoisotopic (exact) mass is 261 g/mol. The first-order valence-corrected chi connectivity index (χ1v) is 7.19. The number of hydrogen-bond donors (Lipinski definition) is 0. The van der Waals surface area contributed by atoms with Gasteiger partial charge in [0.25, 0.3) is 5.91 Å². The molecular formula is C16H20FNO. The Kier molecular flexibility index (Phi) is 3.29. The number of carbonyl (C=O) groups excluding carboxylic acids is 1. The second kappa shape index (κ2) is 4.95. The minimum absolute atomic E-state index is 0.0712. The molecule has 1 aromatic rings. The molecule has 0 unspecified atom stereocenters. The Morgan fingerprint density at radius 2 is 1.79 bits per heavy atom. The van der Waals surface area contributed by atoms with E-state index in [0.29, 0.717) is 23.0 Å².